The third-order valence-electron chi connectivity index (χ3n) is 3.95. The minimum Gasteiger partial charge on any atom is -0.385 e. The van der Waals surface area contributed by atoms with Crippen LogP contribution in [0.1, 0.15) is 39.2 Å². The predicted molar refractivity (Wildman–Crippen MR) is 72.3 cm³/mol. The molecule has 1 N–H and O–H groups in total. The van der Waals surface area contributed by atoms with Gasteiger partial charge in [0.25, 0.3) is 0 Å². The summed E-state index contributed by atoms with van der Waals surface area (Å²) in [6, 6.07) is 8.40. The third-order valence-corrected chi connectivity index (χ3v) is 3.95. The molecule has 0 aliphatic heterocycles. The molecule has 1 aliphatic carbocycles. The second-order valence-electron chi connectivity index (χ2n) is 5.14. The number of aliphatic hydroxyl groups is 1. The van der Waals surface area contributed by atoms with Crippen molar-refractivity contribution in [1.29, 1.82) is 0 Å². The highest BCUT2D eigenvalue weighted by Crippen LogP contribution is 2.45. The topological polar surface area (TPSA) is 23.5 Å². The molecule has 1 atom stereocenters. The van der Waals surface area contributed by atoms with Crippen LogP contribution >= 0.6 is 0 Å². The number of rotatable bonds is 5. The fourth-order valence-corrected chi connectivity index (χ4v) is 2.48. The van der Waals surface area contributed by atoms with Crippen LogP contribution in [0.15, 0.2) is 24.3 Å². The van der Waals surface area contributed by atoms with E-state index in [-0.39, 0.29) is 0 Å². The zero-order valence-electron chi connectivity index (χ0n) is 11.1. The fraction of sp³-hybridized carbons (Fsp3) is 0.600. The van der Waals surface area contributed by atoms with E-state index in [0.29, 0.717) is 5.92 Å². The number of hydrogen-bond acceptors (Lipinski definition) is 2. The smallest absolute Gasteiger partial charge is 0.0896 e. The van der Waals surface area contributed by atoms with Crippen LogP contribution in [0.25, 0.3) is 0 Å². The maximum atomic E-state index is 10.5. The van der Waals surface area contributed by atoms with Crippen molar-refractivity contribution in [2.24, 2.45) is 5.92 Å². The molecule has 17 heavy (non-hydrogen) atoms. The van der Waals surface area contributed by atoms with Gasteiger partial charge in [0, 0.05) is 18.8 Å². The largest absolute Gasteiger partial charge is 0.385 e. The molecule has 94 valence electrons. The van der Waals surface area contributed by atoms with Crippen LogP contribution in [-0.2, 0) is 5.60 Å². The Kier molecular flexibility index (Phi) is 3.43. The third kappa shape index (κ3) is 2.47. The average molecular weight is 233 g/mol. The van der Waals surface area contributed by atoms with Crippen molar-refractivity contribution in [1.82, 2.24) is 0 Å². The van der Waals surface area contributed by atoms with Gasteiger partial charge in [0.1, 0.15) is 0 Å². The van der Waals surface area contributed by atoms with Gasteiger partial charge in [0.05, 0.1) is 5.60 Å². The molecule has 0 bridgehead atoms. The SMILES string of the molecule is CCN(CC)c1ccc([C@@](C)(O)C2CC2)cc1. The minimum atomic E-state index is -0.637. The van der Waals surface area contributed by atoms with Crippen LogP contribution in [0.4, 0.5) is 5.69 Å². The van der Waals surface area contributed by atoms with Crippen molar-refractivity contribution in [3.05, 3.63) is 29.8 Å². The highest BCUT2D eigenvalue weighted by Gasteiger charge is 2.41. The summed E-state index contributed by atoms with van der Waals surface area (Å²) >= 11 is 0. The zero-order valence-corrected chi connectivity index (χ0v) is 11.1. The first-order valence-corrected chi connectivity index (χ1v) is 6.67. The Balaban J connectivity index is 2.17. The Morgan fingerprint density at radius 1 is 1.18 bits per heavy atom. The Morgan fingerprint density at radius 2 is 1.71 bits per heavy atom. The lowest BCUT2D eigenvalue weighted by molar-refractivity contribution is 0.0331. The highest BCUT2D eigenvalue weighted by atomic mass is 16.3. The maximum Gasteiger partial charge on any atom is 0.0896 e. The Morgan fingerprint density at radius 3 is 2.12 bits per heavy atom. The van der Waals surface area contributed by atoms with Crippen molar-refractivity contribution in [2.45, 2.75) is 39.2 Å². The summed E-state index contributed by atoms with van der Waals surface area (Å²) in [6.45, 7) is 8.32. The predicted octanol–water partition coefficient (Wildman–Crippen LogP) is 3.15. The molecule has 0 heterocycles. The fourth-order valence-electron chi connectivity index (χ4n) is 2.48. The van der Waals surface area contributed by atoms with Crippen molar-refractivity contribution in [3.63, 3.8) is 0 Å². The molecular weight excluding hydrogens is 210 g/mol. The molecule has 0 amide bonds. The molecule has 1 aliphatic rings. The van der Waals surface area contributed by atoms with Crippen molar-refractivity contribution in [3.8, 4) is 0 Å². The molecule has 2 nitrogen and oxygen atoms in total. The van der Waals surface area contributed by atoms with Crippen LogP contribution in [0.5, 0.6) is 0 Å². The van der Waals surface area contributed by atoms with Gasteiger partial charge in [-0.3, -0.25) is 0 Å². The Hall–Kier alpha value is -1.02. The molecule has 1 fully saturated rings. The molecule has 0 aromatic heterocycles. The summed E-state index contributed by atoms with van der Waals surface area (Å²) in [4.78, 5) is 2.32. The maximum absolute atomic E-state index is 10.5. The van der Waals surface area contributed by atoms with E-state index in [9.17, 15) is 5.11 Å². The summed E-state index contributed by atoms with van der Waals surface area (Å²) < 4.78 is 0. The summed E-state index contributed by atoms with van der Waals surface area (Å²) in [7, 11) is 0. The van der Waals surface area contributed by atoms with E-state index in [1.54, 1.807) is 0 Å². The molecule has 0 saturated heterocycles. The van der Waals surface area contributed by atoms with E-state index in [1.807, 2.05) is 6.92 Å². The first-order valence-electron chi connectivity index (χ1n) is 6.67. The monoisotopic (exact) mass is 233 g/mol. The van der Waals surface area contributed by atoms with Crippen LogP contribution in [0.2, 0.25) is 0 Å². The number of hydrogen-bond donors (Lipinski definition) is 1. The van der Waals surface area contributed by atoms with Gasteiger partial charge < -0.3 is 10.0 Å². The number of anilines is 1. The number of nitrogens with zero attached hydrogens (tertiary/aromatic N) is 1. The normalized spacial score (nSPS) is 18.8. The standard InChI is InChI=1S/C15H23NO/c1-4-16(5-2)14-10-8-13(9-11-14)15(3,17)12-6-7-12/h8-12,17H,4-7H2,1-3H3/t15-/m0/s1. The lowest BCUT2D eigenvalue weighted by Gasteiger charge is -2.26. The second kappa shape index (κ2) is 4.69. The van der Waals surface area contributed by atoms with Gasteiger partial charge in [-0.05, 0) is 57.2 Å². The van der Waals surface area contributed by atoms with Crippen LogP contribution in [0, 0.1) is 5.92 Å². The van der Waals surface area contributed by atoms with Gasteiger partial charge in [-0.25, -0.2) is 0 Å². The van der Waals surface area contributed by atoms with Gasteiger partial charge in [-0.1, -0.05) is 12.1 Å². The summed E-state index contributed by atoms with van der Waals surface area (Å²) in [5.74, 6) is 0.460. The van der Waals surface area contributed by atoms with E-state index in [0.717, 1.165) is 31.5 Å². The molecule has 1 saturated carbocycles. The summed E-state index contributed by atoms with van der Waals surface area (Å²) in [5.41, 5.74) is 1.66. The van der Waals surface area contributed by atoms with Crippen LogP contribution in [0.3, 0.4) is 0 Å². The molecule has 2 heteroatoms. The van der Waals surface area contributed by atoms with E-state index in [2.05, 4.69) is 43.0 Å². The van der Waals surface area contributed by atoms with E-state index < -0.39 is 5.60 Å². The number of benzene rings is 1. The van der Waals surface area contributed by atoms with E-state index in [4.69, 9.17) is 0 Å². The van der Waals surface area contributed by atoms with Gasteiger partial charge in [-0.2, -0.15) is 0 Å². The first-order chi connectivity index (χ1) is 8.09. The van der Waals surface area contributed by atoms with Gasteiger partial charge in [0.15, 0.2) is 0 Å². The van der Waals surface area contributed by atoms with Gasteiger partial charge in [-0.15, -0.1) is 0 Å². The molecular formula is C15H23NO. The molecule has 1 aromatic carbocycles. The van der Waals surface area contributed by atoms with Gasteiger partial charge >= 0.3 is 0 Å². The summed E-state index contributed by atoms with van der Waals surface area (Å²) in [6.07, 6.45) is 2.32. The first kappa shape index (κ1) is 12.4. The summed E-state index contributed by atoms with van der Waals surface area (Å²) in [5, 5.41) is 10.5. The lowest BCUT2D eigenvalue weighted by Crippen LogP contribution is -2.25. The molecule has 2 rings (SSSR count). The van der Waals surface area contributed by atoms with E-state index in [1.165, 1.54) is 5.69 Å². The Labute approximate surface area is 104 Å². The van der Waals surface area contributed by atoms with Crippen LogP contribution < -0.4 is 4.90 Å². The minimum absolute atomic E-state index is 0.460. The molecule has 0 unspecified atom stereocenters. The lowest BCUT2D eigenvalue weighted by atomic mass is 9.91. The molecule has 0 spiro atoms. The molecule has 1 aromatic rings. The Bertz CT molecular complexity index is 361. The van der Waals surface area contributed by atoms with E-state index >= 15 is 0 Å². The zero-order chi connectivity index (χ0) is 12.5. The van der Waals surface area contributed by atoms with Crippen LogP contribution in [-0.4, -0.2) is 18.2 Å². The van der Waals surface area contributed by atoms with Crippen molar-refractivity contribution < 1.29 is 5.11 Å². The van der Waals surface area contributed by atoms with Crippen molar-refractivity contribution in [2.75, 3.05) is 18.0 Å². The molecule has 0 radical (unpaired) electrons. The quantitative estimate of drug-likeness (QED) is 0.844. The van der Waals surface area contributed by atoms with Gasteiger partial charge in [0.2, 0.25) is 0 Å². The average Bonchev–Trinajstić information content (AvgIpc) is 3.15. The van der Waals surface area contributed by atoms with Crippen molar-refractivity contribution >= 4 is 5.69 Å². The second-order valence-corrected chi connectivity index (χ2v) is 5.14. The highest BCUT2D eigenvalue weighted by molar-refractivity contribution is 5.48.